The molecule has 1 aromatic carbocycles. The molecule has 86 valence electrons. The quantitative estimate of drug-likeness (QED) is 0.634. The number of benzene rings is 1. The first-order valence-electron chi connectivity index (χ1n) is 4.67. The van der Waals surface area contributed by atoms with E-state index in [0.717, 1.165) is 0 Å². The minimum atomic E-state index is -0.371. The van der Waals surface area contributed by atoms with Gasteiger partial charge in [-0.15, -0.1) is 0 Å². The standard InChI is InChI=1S/C11H10BrClO3/c1-2-16-11(15)5-7-4-10(13)9(12)3-8(7)6-14/h3-4,6H,2,5H2,1H3. The van der Waals surface area contributed by atoms with Crippen LogP contribution in [0.15, 0.2) is 16.6 Å². The predicted molar refractivity (Wildman–Crippen MR) is 64.9 cm³/mol. The van der Waals surface area contributed by atoms with Gasteiger partial charge in [0.1, 0.15) is 6.29 Å². The summed E-state index contributed by atoms with van der Waals surface area (Å²) in [5.41, 5.74) is 1.01. The Kier molecular flexibility index (Phi) is 4.96. The van der Waals surface area contributed by atoms with E-state index in [1.807, 2.05) is 0 Å². The molecule has 5 heteroatoms. The van der Waals surface area contributed by atoms with E-state index in [9.17, 15) is 9.59 Å². The molecule has 0 atom stereocenters. The van der Waals surface area contributed by atoms with Crippen molar-refractivity contribution in [3.05, 3.63) is 32.8 Å². The fourth-order valence-electron chi connectivity index (χ4n) is 1.23. The molecular formula is C11H10BrClO3. The third-order valence-corrected chi connectivity index (χ3v) is 3.15. The summed E-state index contributed by atoms with van der Waals surface area (Å²) < 4.78 is 5.43. The van der Waals surface area contributed by atoms with Gasteiger partial charge >= 0.3 is 5.97 Å². The molecule has 3 nitrogen and oxygen atoms in total. The molecule has 0 unspecified atom stereocenters. The van der Waals surface area contributed by atoms with Crippen molar-refractivity contribution in [3.8, 4) is 0 Å². The average molecular weight is 306 g/mol. The van der Waals surface area contributed by atoms with Gasteiger partial charge in [-0.25, -0.2) is 0 Å². The molecule has 0 saturated carbocycles. The van der Waals surface area contributed by atoms with Crippen LogP contribution in [0.4, 0.5) is 0 Å². The largest absolute Gasteiger partial charge is 0.466 e. The molecule has 0 N–H and O–H groups in total. The molecule has 1 aromatic rings. The predicted octanol–water partition coefficient (Wildman–Crippen LogP) is 3.02. The van der Waals surface area contributed by atoms with Gasteiger partial charge in [0.15, 0.2) is 0 Å². The molecule has 16 heavy (non-hydrogen) atoms. The highest BCUT2D eigenvalue weighted by Gasteiger charge is 2.11. The third kappa shape index (κ3) is 3.32. The van der Waals surface area contributed by atoms with Crippen LogP contribution in [0, 0.1) is 0 Å². The normalized spacial score (nSPS) is 9.94. The molecule has 1 rings (SSSR count). The molecule has 0 aliphatic carbocycles. The first-order valence-corrected chi connectivity index (χ1v) is 5.84. The number of carbonyl (C=O) groups excluding carboxylic acids is 2. The topological polar surface area (TPSA) is 43.4 Å². The number of rotatable bonds is 4. The maximum atomic E-state index is 11.3. The van der Waals surface area contributed by atoms with Gasteiger partial charge in [-0.2, -0.15) is 0 Å². The second-order valence-corrected chi connectivity index (χ2v) is 4.33. The van der Waals surface area contributed by atoms with Crippen LogP contribution < -0.4 is 0 Å². The van der Waals surface area contributed by atoms with E-state index in [1.165, 1.54) is 0 Å². The zero-order valence-electron chi connectivity index (χ0n) is 8.63. The molecule has 0 amide bonds. The third-order valence-electron chi connectivity index (χ3n) is 1.95. The van der Waals surface area contributed by atoms with Gasteiger partial charge in [0, 0.05) is 10.0 Å². The van der Waals surface area contributed by atoms with Crippen molar-refractivity contribution in [1.29, 1.82) is 0 Å². The van der Waals surface area contributed by atoms with E-state index in [2.05, 4.69) is 15.9 Å². The van der Waals surface area contributed by atoms with Crippen LogP contribution in [0.5, 0.6) is 0 Å². The number of hydrogen-bond donors (Lipinski definition) is 0. The monoisotopic (exact) mass is 304 g/mol. The van der Waals surface area contributed by atoms with Crippen LogP contribution in [0.3, 0.4) is 0 Å². The van der Waals surface area contributed by atoms with E-state index >= 15 is 0 Å². The lowest BCUT2D eigenvalue weighted by atomic mass is 10.1. The van der Waals surface area contributed by atoms with Gasteiger partial charge in [0.25, 0.3) is 0 Å². The molecule has 0 bridgehead atoms. The minimum Gasteiger partial charge on any atom is -0.466 e. The Balaban J connectivity index is 2.98. The smallest absolute Gasteiger partial charge is 0.310 e. The van der Waals surface area contributed by atoms with Crippen LogP contribution in [-0.2, 0) is 16.0 Å². The summed E-state index contributed by atoms with van der Waals surface area (Å²) in [4.78, 5) is 22.1. The highest BCUT2D eigenvalue weighted by Crippen LogP contribution is 2.26. The molecule has 0 spiro atoms. The summed E-state index contributed by atoms with van der Waals surface area (Å²) in [6, 6.07) is 3.18. The zero-order valence-corrected chi connectivity index (χ0v) is 11.0. The molecule has 0 fully saturated rings. The first-order chi connectivity index (χ1) is 7.58. The Bertz CT molecular complexity index is 418. The second-order valence-electron chi connectivity index (χ2n) is 3.06. The van der Waals surface area contributed by atoms with Crippen LogP contribution in [0.1, 0.15) is 22.8 Å². The zero-order chi connectivity index (χ0) is 12.1. The fourth-order valence-corrected chi connectivity index (χ4v) is 1.78. The maximum absolute atomic E-state index is 11.3. The first kappa shape index (κ1) is 13.2. The van der Waals surface area contributed by atoms with E-state index in [0.29, 0.717) is 33.5 Å². The minimum absolute atomic E-state index is 0.0505. The highest BCUT2D eigenvalue weighted by molar-refractivity contribution is 9.10. The number of halogens is 2. The number of ether oxygens (including phenoxy) is 1. The van der Waals surface area contributed by atoms with E-state index in [-0.39, 0.29) is 12.4 Å². The van der Waals surface area contributed by atoms with Crippen molar-refractivity contribution in [3.63, 3.8) is 0 Å². The lowest BCUT2D eigenvalue weighted by Gasteiger charge is -2.06. The summed E-state index contributed by atoms with van der Waals surface area (Å²) in [6.07, 6.45) is 0.741. The molecule has 0 aliphatic heterocycles. The highest BCUT2D eigenvalue weighted by atomic mass is 79.9. The Morgan fingerprint density at radius 1 is 1.56 bits per heavy atom. The van der Waals surface area contributed by atoms with Gasteiger partial charge in [-0.1, -0.05) is 11.6 Å². The van der Waals surface area contributed by atoms with Crippen molar-refractivity contribution in [2.24, 2.45) is 0 Å². The average Bonchev–Trinajstić information content (AvgIpc) is 2.23. The number of esters is 1. The summed E-state index contributed by atoms with van der Waals surface area (Å²) >= 11 is 9.10. The number of aldehydes is 1. The Labute approximate surface area is 107 Å². The fraction of sp³-hybridized carbons (Fsp3) is 0.273. The summed E-state index contributed by atoms with van der Waals surface area (Å²) in [5, 5.41) is 0.463. The Morgan fingerprint density at radius 2 is 2.25 bits per heavy atom. The summed E-state index contributed by atoms with van der Waals surface area (Å²) in [5.74, 6) is -0.371. The van der Waals surface area contributed by atoms with Crippen LogP contribution >= 0.6 is 27.5 Å². The number of carbonyl (C=O) groups is 2. The molecule has 0 saturated heterocycles. The molecular weight excluding hydrogens is 295 g/mol. The molecule has 0 heterocycles. The van der Waals surface area contributed by atoms with Crippen molar-refractivity contribution in [1.82, 2.24) is 0 Å². The van der Waals surface area contributed by atoms with Crippen molar-refractivity contribution in [2.45, 2.75) is 13.3 Å². The lowest BCUT2D eigenvalue weighted by Crippen LogP contribution is -2.09. The van der Waals surface area contributed by atoms with Gasteiger partial charge in [0.05, 0.1) is 18.1 Å². The van der Waals surface area contributed by atoms with Gasteiger partial charge < -0.3 is 4.74 Å². The van der Waals surface area contributed by atoms with E-state index < -0.39 is 0 Å². The van der Waals surface area contributed by atoms with E-state index in [4.69, 9.17) is 16.3 Å². The van der Waals surface area contributed by atoms with Crippen molar-refractivity contribution in [2.75, 3.05) is 6.61 Å². The van der Waals surface area contributed by atoms with Gasteiger partial charge in [-0.3, -0.25) is 9.59 Å². The SMILES string of the molecule is CCOC(=O)Cc1cc(Cl)c(Br)cc1C=O. The number of hydrogen-bond acceptors (Lipinski definition) is 3. The van der Waals surface area contributed by atoms with Crippen LogP contribution in [0.25, 0.3) is 0 Å². The summed E-state index contributed by atoms with van der Waals surface area (Å²) in [7, 11) is 0. The second kappa shape index (κ2) is 6.01. The van der Waals surface area contributed by atoms with Crippen molar-refractivity contribution >= 4 is 39.8 Å². The molecule has 0 aliphatic rings. The van der Waals surface area contributed by atoms with E-state index in [1.54, 1.807) is 19.1 Å². The maximum Gasteiger partial charge on any atom is 0.310 e. The van der Waals surface area contributed by atoms with Crippen LogP contribution in [-0.4, -0.2) is 18.9 Å². The Morgan fingerprint density at radius 3 is 2.81 bits per heavy atom. The van der Waals surface area contributed by atoms with Crippen molar-refractivity contribution < 1.29 is 14.3 Å². The van der Waals surface area contributed by atoms with Gasteiger partial charge in [0.2, 0.25) is 0 Å². The van der Waals surface area contributed by atoms with Crippen LogP contribution in [0.2, 0.25) is 5.02 Å². The van der Waals surface area contributed by atoms with Gasteiger partial charge in [-0.05, 0) is 40.5 Å². The lowest BCUT2D eigenvalue weighted by molar-refractivity contribution is -0.142. The molecule has 0 aromatic heterocycles. The summed E-state index contributed by atoms with van der Waals surface area (Å²) in [6.45, 7) is 2.05. The Hall–Kier alpha value is -0.870. The molecule has 0 radical (unpaired) electrons.